The first-order valence-corrected chi connectivity index (χ1v) is 7.89. The van der Waals surface area contributed by atoms with Crippen LogP contribution in [0, 0.1) is 0 Å². The quantitative estimate of drug-likeness (QED) is 0.837. The van der Waals surface area contributed by atoms with Gasteiger partial charge in [0.15, 0.2) is 0 Å². The molecular formula is C17H27N3. The molecule has 0 N–H and O–H groups in total. The molecule has 3 nitrogen and oxygen atoms in total. The van der Waals surface area contributed by atoms with E-state index in [9.17, 15) is 0 Å². The van der Waals surface area contributed by atoms with Gasteiger partial charge in [0.25, 0.3) is 0 Å². The first kappa shape index (κ1) is 13.9. The van der Waals surface area contributed by atoms with Crippen LogP contribution in [0.15, 0.2) is 24.3 Å². The van der Waals surface area contributed by atoms with Crippen molar-refractivity contribution in [2.24, 2.45) is 0 Å². The third-order valence-corrected chi connectivity index (χ3v) is 5.06. The molecule has 3 heteroatoms. The largest absolute Gasteiger partial charge is 0.378 e. The summed E-state index contributed by atoms with van der Waals surface area (Å²) in [5.41, 5.74) is 2.72. The van der Waals surface area contributed by atoms with Gasteiger partial charge in [-0.05, 0) is 44.0 Å². The standard InChI is InChI=1S/C17H27N3/c1-14-17-5-4-10-19(17)11-12-20(14)13-15-6-8-16(9-7-15)18(2)3/h6-9,14,17H,4-5,10-13H2,1-3H3/t14-,17-/m0/s1. The SMILES string of the molecule is C[C@H]1[C@@H]2CCCN2CCN1Cc1ccc(N(C)C)cc1. The second-order valence-electron chi connectivity index (χ2n) is 6.52. The topological polar surface area (TPSA) is 9.72 Å². The lowest BCUT2D eigenvalue weighted by Gasteiger charge is -2.43. The first-order chi connectivity index (χ1) is 9.65. The van der Waals surface area contributed by atoms with E-state index in [4.69, 9.17) is 0 Å². The van der Waals surface area contributed by atoms with Crippen molar-refractivity contribution in [1.29, 1.82) is 0 Å². The van der Waals surface area contributed by atoms with E-state index in [2.05, 4.69) is 60.0 Å². The summed E-state index contributed by atoms with van der Waals surface area (Å²) in [6.45, 7) is 7.30. The van der Waals surface area contributed by atoms with E-state index in [1.807, 2.05) is 0 Å². The van der Waals surface area contributed by atoms with Crippen LogP contribution < -0.4 is 4.90 Å². The number of nitrogens with zero attached hydrogens (tertiary/aromatic N) is 3. The molecule has 20 heavy (non-hydrogen) atoms. The first-order valence-electron chi connectivity index (χ1n) is 7.89. The molecule has 2 fully saturated rings. The zero-order chi connectivity index (χ0) is 14.1. The molecule has 2 atom stereocenters. The van der Waals surface area contributed by atoms with Gasteiger partial charge in [-0.25, -0.2) is 0 Å². The molecule has 0 aliphatic carbocycles. The number of anilines is 1. The molecule has 0 saturated carbocycles. The summed E-state index contributed by atoms with van der Waals surface area (Å²) in [7, 11) is 4.19. The lowest BCUT2D eigenvalue weighted by molar-refractivity contribution is 0.0470. The van der Waals surface area contributed by atoms with Crippen LogP contribution in [-0.2, 0) is 6.54 Å². The molecule has 110 valence electrons. The summed E-state index contributed by atoms with van der Waals surface area (Å²) in [4.78, 5) is 7.51. The summed E-state index contributed by atoms with van der Waals surface area (Å²) in [6.07, 6.45) is 2.78. The molecule has 0 aromatic heterocycles. The van der Waals surface area contributed by atoms with Gasteiger partial charge in [-0.2, -0.15) is 0 Å². The van der Waals surface area contributed by atoms with E-state index in [1.54, 1.807) is 0 Å². The van der Waals surface area contributed by atoms with Crippen LogP contribution in [0.4, 0.5) is 5.69 Å². The molecule has 0 amide bonds. The van der Waals surface area contributed by atoms with Crippen LogP contribution in [-0.4, -0.2) is 55.6 Å². The van der Waals surface area contributed by atoms with Crippen LogP contribution in [0.25, 0.3) is 0 Å². The predicted octanol–water partition coefficient (Wildman–Crippen LogP) is 2.42. The van der Waals surface area contributed by atoms with Gasteiger partial charge in [-0.15, -0.1) is 0 Å². The molecule has 3 rings (SSSR count). The normalized spacial score (nSPS) is 27.6. The Morgan fingerprint density at radius 2 is 1.85 bits per heavy atom. The molecule has 0 spiro atoms. The second kappa shape index (κ2) is 5.74. The monoisotopic (exact) mass is 273 g/mol. The highest BCUT2D eigenvalue weighted by molar-refractivity contribution is 5.45. The fourth-order valence-corrected chi connectivity index (χ4v) is 3.74. The third-order valence-electron chi connectivity index (χ3n) is 5.06. The summed E-state index contributed by atoms with van der Waals surface area (Å²) in [6, 6.07) is 10.5. The van der Waals surface area contributed by atoms with Crippen molar-refractivity contribution in [3.05, 3.63) is 29.8 Å². The van der Waals surface area contributed by atoms with Crippen molar-refractivity contribution in [3.63, 3.8) is 0 Å². The summed E-state index contributed by atoms with van der Waals surface area (Å²) >= 11 is 0. The molecule has 1 aromatic rings. The van der Waals surface area contributed by atoms with Crippen LogP contribution >= 0.6 is 0 Å². The molecule has 2 saturated heterocycles. The van der Waals surface area contributed by atoms with E-state index < -0.39 is 0 Å². The van der Waals surface area contributed by atoms with E-state index >= 15 is 0 Å². The van der Waals surface area contributed by atoms with Crippen molar-refractivity contribution in [2.45, 2.75) is 38.4 Å². The Bertz CT molecular complexity index is 440. The number of hydrogen-bond acceptors (Lipinski definition) is 3. The molecule has 1 aromatic carbocycles. The van der Waals surface area contributed by atoms with Gasteiger partial charge in [0, 0.05) is 51.5 Å². The second-order valence-corrected chi connectivity index (χ2v) is 6.52. The van der Waals surface area contributed by atoms with E-state index in [-0.39, 0.29) is 0 Å². The zero-order valence-corrected chi connectivity index (χ0v) is 13.0. The number of rotatable bonds is 3. The summed E-state index contributed by atoms with van der Waals surface area (Å²) in [5, 5.41) is 0. The molecule has 2 heterocycles. The zero-order valence-electron chi connectivity index (χ0n) is 13.0. The van der Waals surface area contributed by atoms with Crippen LogP contribution in [0.2, 0.25) is 0 Å². The van der Waals surface area contributed by atoms with Crippen molar-refractivity contribution < 1.29 is 0 Å². The fraction of sp³-hybridized carbons (Fsp3) is 0.647. The minimum Gasteiger partial charge on any atom is -0.378 e. The van der Waals surface area contributed by atoms with E-state index in [1.165, 1.54) is 43.7 Å². The van der Waals surface area contributed by atoms with E-state index in [0.717, 1.165) is 12.6 Å². The maximum atomic E-state index is 2.69. The molecule has 0 bridgehead atoms. The van der Waals surface area contributed by atoms with Crippen LogP contribution in [0.1, 0.15) is 25.3 Å². The van der Waals surface area contributed by atoms with Gasteiger partial charge in [-0.1, -0.05) is 12.1 Å². The Morgan fingerprint density at radius 1 is 1.10 bits per heavy atom. The van der Waals surface area contributed by atoms with Gasteiger partial charge in [0.2, 0.25) is 0 Å². The Balaban J connectivity index is 1.65. The molecule has 2 aliphatic heterocycles. The van der Waals surface area contributed by atoms with Gasteiger partial charge >= 0.3 is 0 Å². The molecular weight excluding hydrogens is 246 g/mol. The van der Waals surface area contributed by atoms with Gasteiger partial charge < -0.3 is 4.90 Å². The number of benzene rings is 1. The minimum absolute atomic E-state index is 0.694. The van der Waals surface area contributed by atoms with Crippen molar-refractivity contribution in [2.75, 3.05) is 38.6 Å². The third kappa shape index (κ3) is 2.70. The lowest BCUT2D eigenvalue weighted by Crippen LogP contribution is -2.55. The minimum atomic E-state index is 0.694. The van der Waals surface area contributed by atoms with Crippen molar-refractivity contribution in [3.8, 4) is 0 Å². The fourth-order valence-electron chi connectivity index (χ4n) is 3.74. The maximum absolute atomic E-state index is 2.69. The van der Waals surface area contributed by atoms with Crippen molar-refractivity contribution in [1.82, 2.24) is 9.80 Å². The van der Waals surface area contributed by atoms with Gasteiger partial charge in [-0.3, -0.25) is 9.80 Å². The molecule has 0 radical (unpaired) electrons. The van der Waals surface area contributed by atoms with Crippen LogP contribution in [0.3, 0.4) is 0 Å². The Labute approximate surface area is 123 Å². The molecule has 2 aliphatic rings. The van der Waals surface area contributed by atoms with E-state index in [0.29, 0.717) is 6.04 Å². The smallest absolute Gasteiger partial charge is 0.0361 e. The Hall–Kier alpha value is -1.06. The van der Waals surface area contributed by atoms with Gasteiger partial charge in [0.1, 0.15) is 0 Å². The Kier molecular flexibility index (Phi) is 3.99. The molecule has 0 unspecified atom stereocenters. The highest BCUT2D eigenvalue weighted by Gasteiger charge is 2.36. The number of piperazine rings is 1. The number of hydrogen-bond donors (Lipinski definition) is 0. The lowest BCUT2D eigenvalue weighted by atomic mass is 10.0. The van der Waals surface area contributed by atoms with Crippen molar-refractivity contribution >= 4 is 5.69 Å². The van der Waals surface area contributed by atoms with Gasteiger partial charge in [0.05, 0.1) is 0 Å². The summed E-state index contributed by atoms with van der Waals surface area (Å²) < 4.78 is 0. The highest BCUT2D eigenvalue weighted by atomic mass is 15.3. The average molecular weight is 273 g/mol. The summed E-state index contributed by atoms with van der Waals surface area (Å²) in [5.74, 6) is 0. The number of fused-ring (bicyclic) bond motifs is 1. The maximum Gasteiger partial charge on any atom is 0.0361 e. The average Bonchev–Trinajstić information content (AvgIpc) is 2.92. The highest BCUT2D eigenvalue weighted by Crippen LogP contribution is 2.27. The predicted molar refractivity (Wildman–Crippen MR) is 85.2 cm³/mol. The van der Waals surface area contributed by atoms with Crippen LogP contribution in [0.5, 0.6) is 0 Å². The Morgan fingerprint density at radius 3 is 2.55 bits per heavy atom.